The van der Waals surface area contributed by atoms with Gasteiger partial charge < -0.3 is 20.1 Å². The zero-order chi connectivity index (χ0) is 20.6. The Morgan fingerprint density at radius 1 is 0.966 bits per heavy atom. The highest BCUT2D eigenvalue weighted by atomic mass is 16.5. The van der Waals surface area contributed by atoms with Gasteiger partial charge in [0.1, 0.15) is 0 Å². The van der Waals surface area contributed by atoms with E-state index in [2.05, 4.69) is 33.8 Å². The summed E-state index contributed by atoms with van der Waals surface area (Å²) in [6.07, 6.45) is 0.914. The van der Waals surface area contributed by atoms with Crippen LogP contribution < -0.4 is 20.1 Å². The van der Waals surface area contributed by atoms with Gasteiger partial charge in [0.15, 0.2) is 29.7 Å². The first kappa shape index (κ1) is 20.1. The topological polar surface area (TPSA) is 85.4 Å². The van der Waals surface area contributed by atoms with E-state index >= 15 is 0 Å². The van der Waals surface area contributed by atoms with Crippen molar-refractivity contribution in [3.63, 3.8) is 0 Å². The minimum Gasteiger partial charge on any atom is -0.493 e. The molecule has 0 saturated carbocycles. The summed E-state index contributed by atoms with van der Waals surface area (Å²) < 4.78 is 10.7. The predicted octanol–water partition coefficient (Wildman–Crippen LogP) is 4.12. The molecule has 2 aromatic carbocycles. The number of amides is 1. The minimum atomic E-state index is -0.335. The van der Waals surface area contributed by atoms with Crippen LogP contribution in [0.4, 0.5) is 17.3 Å². The van der Waals surface area contributed by atoms with Gasteiger partial charge in [-0.2, -0.15) is 0 Å². The van der Waals surface area contributed by atoms with Gasteiger partial charge in [0, 0.05) is 5.69 Å². The second-order valence-electron chi connectivity index (χ2n) is 6.38. The van der Waals surface area contributed by atoms with Crippen molar-refractivity contribution >= 4 is 23.2 Å². The van der Waals surface area contributed by atoms with E-state index < -0.39 is 0 Å². The van der Waals surface area contributed by atoms with Gasteiger partial charge >= 0.3 is 0 Å². The molecule has 7 heteroatoms. The van der Waals surface area contributed by atoms with Crippen molar-refractivity contribution < 1.29 is 14.3 Å². The van der Waals surface area contributed by atoms with Gasteiger partial charge in [-0.15, -0.1) is 10.2 Å². The van der Waals surface area contributed by atoms with Crippen molar-refractivity contribution in [3.8, 4) is 11.5 Å². The van der Waals surface area contributed by atoms with E-state index in [4.69, 9.17) is 9.47 Å². The number of carbonyl (C=O) groups is 1. The first-order valence-electron chi connectivity index (χ1n) is 9.35. The molecule has 0 bridgehead atoms. The zero-order valence-electron chi connectivity index (χ0n) is 16.7. The third-order valence-electron chi connectivity index (χ3n) is 4.35. The Kier molecular flexibility index (Phi) is 6.63. The van der Waals surface area contributed by atoms with Crippen molar-refractivity contribution in [2.75, 3.05) is 24.4 Å². The van der Waals surface area contributed by atoms with Crippen molar-refractivity contribution in [3.05, 3.63) is 65.7 Å². The average molecular weight is 392 g/mol. The predicted molar refractivity (Wildman–Crippen MR) is 113 cm³/mol. The Morgan fingerprint density at radius 3 is 2.38 bits per heavy atom. The summed E-state index contributed by atoms with van der Waals surface area (Å²) in [4.78, 5) is 12.1. The molecular formula is C22H24N4O3. The Bertz CT molecular complexity index is 974. The molecule has 0 atom stereocenters. The van der Waals surface area contributed by atoms with Crippen molar-refractivity contribution in [1.29, 1.82) is 0 Å². The monoisotopic (exact) mass is 392 g/mol. The number of benzene rings is 2. The van der Waals surface area contributed by atoms with Gasteiger partial charge in [-0.3, -0.25) is 4.79 Å². The lowest BCUT2D eigenvalue weighted by Gasteiger charge is -2.13. The quantitative estimate of drug-likeness (QED) is 0.600. The maximum absolute atomic E-state index is 12.1. The van der Waals surface area contributed by atoms with E-state index in [1.54, 1.807) is 31.4 Å². The third kappa shape index (κ3) is 5.22. The molecule has 1 aromatic heterocycles. The number of anilines is 3. The normalized spacial score (nSPS) is 10.3. The average Bonchev–Trinajstić information content (AvgIpc) is 2.75. The Hall–Kier alpha value is -3.61. The lowest BCUT2D eigenvalue weighted by molar-refractivity contribution is -0.118. The van der Waals surface area contributed by atoms with Crippen LogP contribution in [0, 0.1) is 6.92 Å². The van der Waals surface area contributed by atoms with Crippen LogP contribution in [0.5, 0.6) is 11.5 Å². The largest absolute Gasteiger partial charge is 0.493 e. The van der Waals surface area contributed by atoms with Gasteiger partial charge in [-0.05, 0) is 48.7 Å². The second-order valence-corrected chi connectivity index (χ2v) is 6.38. The summed E-state index contributed by atoms with van der Waals surface area (Å²) in [6.45, 7) is 3.99. The highest BCUT2D eigenvalue weighted by Crippen LogP contribution is 2.26. The molecule has 1 amide bonds. The van der Waals surface area contributed by atoms with Crippen LogP contribution in [-0.4, -0.2) is 29.8 Å². The number of nitrogens with zero attached hydrogens (tertiary/aromatic N) is 2. The number of hydrogen-bond acceptors (Lipinski definition) is 6. The number of aromatic nitrogens is 2. The lowest BCUT2D eigenvalue weighted by Crippen LogP contribution is -2.21. The first-order valence-corrected chi connectivity index (χ1v) is 9.35. The number of ether oxygens (including phenoxy) is 2. The summed E-state index contributed by atoms with van der Waals surface area (Å²) in [5, 5.41) is 14.2. The standard InChI is InChI=1S/C22H24N4O3/c1-4-16-9-7-8-15(2)22(16)24-20-13-12-19(25-26-20)23-21(27)14-29-18-11-6-5-10-17(18)28-3/h5-13H,4,14H2,1-3H3,(H,24,26)(H,23,25,27). The van der Waals surface area contributed by atoms with Crippen LogP contribution in [0.2, 0.25) is 0 Å². The molecule has 0 aliphatic rings. The number of rotatable bonds is 8. The van der Waals surface area contributed by atoms with Crippen molar-refractivity contribution in [2.45, 2.75) is 20.3 Å². The number of methoxy groups -OCH3 is 1. The molecule has 29 heavy (non-hydrogen) atoms. The summed E-state index contributed by atoms with van der Waals surface area (Å²) in [7, 11) is 1.55. The number of para-hydroxylation sites is 3. The Balaban J connectivity index is 1.58. The van der Waals surface area contributed by atoms with E-state index in [-0.39, 0.29) is 12.5 Å². The first-order chi connectivity index (χ1) is 14.1. The van der Waals surface area contributed by atoms with Crippen LogP contribution in [0.3, 0.4) is 0 Å². The van der Waals surface area contributed by atoms with Gasteiger partial charge in [-0.1, -0.05) is 37.3 Å². The molecule has 0 saturated heterocycles. The van der Waals surface area contributed by atoms with Crippen LogP contribution >= 0.6 is 0 Å². The zero-order valence-corrected chi connectivity index (χ0v) is 16.7. The summed E-state index contributed by atoms with van der Waals surface area (Å²) >= 11 is 0. The SMILES string of the molecule is CCc1cccc(C)c1Nc1ccc(NC(=O)COc2ccccc2OC)nn1. The van der Waals surface area contributed by atoms with Crippen molar-refractivity contribution in [1.82, 2.24) is 10.2 Å². The van der Waals surface area contributed by atoms with Crippen LogP contribution in [0.1, 0.15) is 18.1 Å². The maximum Gasteiger partial charge on any atom is 0.263 e. The molecule has 0 aliphatic heterocycles. The molecule has 0 spiro atoms. The highest BCUT2D eigenvalue weighted by Gasteiger charge is 2.09. The maximum atomic E-state index is 12.1. The fourth-order valence-electron chi connectivity index (χ4n) is 2.86. The molecule has 0 unspecified atom stereocenters. The molecule has 7 nitrogen and oxygen atoms in total. The molecule has 3 rings (SSSR count). The van der Waals surface area contributed by atoms with E-state index in [1.807, 2.05) is 31.2 Å². The highest BCUT2D eigenvalue weighted by molar-refractivity contribution is 5.91. The third-order valence-corrected chi connectivity index (χ3v) is 4.35. The van der Waals surface area contributed by atoms with Gasteiger partial charge in [-0.25, -0.2) is 0 Å². The fraction of sp³-hybridized carbons (Fsp3) is 0.227. The van der Waals surface area contributed by atoms with Crippen LogP contribution in [-0.2, 0) is 11.2 Å². The van der Waals surface area contributed by atoms with Gasteiger partial charge in [0.2, 0.25) is 0 Å². The summed E-state index contributed by atoms with van der Waals surface area (Å²) in [6, 6.07) is 16.8. The molecule has 1 heterocycles. The Morgan fingerprint density at radius 2 is 1.69 bits per heavy atom. The molecule has 0 radical (unpaired) electrons. The van der Waals surface area contributed by atoms with Crippen LogP contribution in [0.15, 0.2) is 54.6 Å². The molecule has 150 valence electrons. The summed E-state index contributed by atoms with van der Waals surface area (Å²) in [5.41, 5.74) is 3.38. The molecule has 0 fully saturated rings. The fourth-order valence-corrected chi connectivity index (χ4v) is 2.86. The van der Waals surface area contributed by atoms with E-state index in [9.17, 15) is 4.79 Å². The lowest BCUT2D eigenvalue weighted by atomic mass is 10.1. The van der Waals surface area contributed by atoms with E-state index in [0.717, 1.165) is 17.7 Å². The molecular weight excluding hydrogens is 368 g/mol. The van der Waals surface area contributed by atoms with Crippen LogP contribution in [0.25, 0.3) is 0 Å². The smallest absolute Gasteiger partial charge is 0.263 e. The molecule has 0 aliphatic carbocycles. The minimum absolute atomic E-state index is 0.162. The molecule has 2 N–H and O–H groups in total. The number of nitrogens with one attached hydrogen (secondary N) is 2. The number of carbonyl (C=O) groups excluding carboxylic acids is 1. The number of hydrogen-bond donors (Lipinski definition) is 2. The van der Waals surface area contributed by atoms with Gasteiger partial charge in [0.05, 0.1) is 7.11 Å². The number of aryl methyl sites for hydroxylation is 2. The van der Waals surface area contributed by atoms with E-state index in [1.165, 1.54) is 5.56 Å². The van der Waals surface area contributed by atoms with E-state index in [0.29, 0.717) is 23.1 Å². The van der Waals surface area contributed by atoms with Gasteiger partial charge in [0.25, 0.3) is 5.91 Å². The molecule has 3 aromatic rings. The second kappa shape index (κ2) is 9.54. The summed E-state index contributed by atoms with van der Waals surface area (Å²) in [5.74, 6) is 1.69. The van der Waals surface area contributed by atoms with Crippen molar-refractivity contribution in [2.24, 2.45) is 0 Å². The Labute approximate surface area is 170 Å².